The first kappa shape index (κ1) is 12.2. The molecule has 3 heteroatoms. The van der Waals surface area contributed by atoms with Gasteiger partial charge in [-0.15, -0.1) is 0 Å². The van der Waals surface area contributed by atoms with E-state index < -0.39 is 0 Å². The van der Waals surface area contributed by atoms with Crippen LogP contribution in [0.3, 0.4) is 0 Å². The van der Waals surface area contributed by atoms with Crippen molar-refractivity contribution in [3.05, 3.63) is 54.2 Å². The average molecular weight is 275 g/mol. The molecule has 0 bridgehead atoms. The topological polar surface area (TPSA) is 64.9 Å². The van der Waals surface area contributed by atoms with Crippen LogP contribution < -0.4 is 11.5 Å². The van der Waals surface area contributed by atoms with E-state index in [2.05, 4.69) is 41.4 Å². The van der Waals surface area contributed by atoms with Crippen LogP contribution >= 0.6 is 0 Å². The minimum Gasteiger partial charge on any atom is -0.395 e. The predicted molar refractivity (Wildman–Crippen MR) is 88.0 cm³/mol. The zero-order valence-electron chi connectivity index (χ0n) is 11.7. The largest absolute Gasteiger partial charge is 0.395 e. The van der Waals surface area contributed by atoms with Crippen molar-refractivity contribution in [2.24, 2.45) is 0 Å². The molecule has 1 aromatic heterocycles. The zero-order valence-corrected chi connectivity index (χ0v) is 11.7. The summed E-state index contributed by atoms with van der Waals surface area (Å²) in [6, 6.07) is 14.9. The molecule has 0 amide bonds. The highest BCUT2D eigenvalue weighted by Gasteiger charge is 2.25. The molecule has 0 unspecified atom stereocenters. The number of nitrogens with zero attached hydrogens (tertiary/aromatic N) is 1. The van der Waals surface area contributed by atoms with Crippen LogP contribution in [0.4, 0.5) is 11.5 Å². The van der Waals surface area contributed by atoms with Gasteiger partial charge in [-0.1, -0.05) is 36.4 Å². The van der Waals surface area contributed by atoms with Crippen LogP contribution in [-0.2, 0) is 0 Å². The van der Waals surface area contributed by atoms with Crippen LogP contribution in [0.25, 0.3) is 21.9 Å². The molecule has 1 heterocycles. The number of nitrogens with two attached hydrogens (primary N) is 2. The van der Waals surface area contributed by atoms with Crippen molar-refractivity contribution in [3.63, 3.8) is 0 Å². The lowest BCUT2D eigenvalue weighted by Crippen LogP contribution is -2.00. The van der Waals surface area contributed by atoms with Gasteiger partial charge in [0.2, 0.25) is 0 Å². The Morgan fingerprint density at radius 3 is 2.38 bits per heavy atom. The molecule has 1 aliphatic rings. The Morgan fingerprint density at radius 1 is 0.857 bits per heavy atom. The number of fused-ring (bicyclic) bond motifs is 1. The molecule has 0 saturated heterocycles. The molecule has 0 spiro atoms. The minimum absolute atomic E-state index is 0.392. The molecule has 3 nitrogen and oxygen atoms in total. The molecule has 2 aromatic carbocycles. The fraction of sp³-hybridized carbons (Fsp3) is 0.167. The number of anilines is 2. The van der Waals surface area contributed by atoms with E-state index in [1.165, 1.54) is 29.2 Å². The molecule has 0 radical (unpaired) electrons. The molecule has 104 valence electrons. The van der Waals surface area contributed by atoms with Crippen LogP contribution in [0.15, 0.2) is 48.7 Å². The lowest BCUT2D eigenvalue weighted by Gasteiger charge is -2.13. The van der Waals surface area contributed by atoms with Gasteiger partial charge in [0.05, 0.1) is 5.69 Å². The number of hydrogen-bond acceptors (Lipinski definition) is 3. The number of nitrogen functional groups attached to an aromatic ring is 2. The van der Waals surface area contributed by atoms with Crippen molar-refractivity contribution in [2.75, 3.05) is 11.5 Å². The van der Waals surface area contributed by atoms with Crippen LogP contribution in [0.1, 0.15) is 24.3 Å². The molecular weight excluding hydrogens is 258 g/mol. The highest BCUT2D eigenvalue weighted by molar-refractivity contribution is 6.02. The first-order valence-corrected chi connectivity index (χ1v) is 7.27. The van der Waals surface area contributed by atoms with Crippen LogP contribution in [0.2, 0.25) is 0 Å². The van der Waals surface area contributed by atoms with E-state index in [-0.39, 0.29) is 0 Å². The fourth-order valence-corrected chi connectivity index (χ4v) is 3.03. The van der Waals surface area contributed by atoms with Crippen molar-refractivity contribution in [1.82, 2.24) is 4.98 Å². The van der Waals surface area contributed by atoms with E-state index in [0.717, 1.165) is 17.0 Å². The highest BCUT2D eigenvalue weighted by Crippen LogP contribution is 2.45. The maximum atomic E-state index is 6.13. The van der Waals surface area contributed by atoms with Gasteiger partial charge in [-0.3, -0.25) is 0 Å². The SMILES string of the molecule is Nc1nccc(-c2ccc(C3CC3)c3ccccc23)c1N. The lowest BCUT2D eigenvalue weighted by molar-refractivity contribution is 1.15. The van der Waals surface area contributed by atoms with E-state index in [1.807, 2.05) is 6.07 Å². The average Bonchev–Trinajstić information content (AvgIpc) is 3.34. The van der Waals surface area contributed by atoms with Crippen molar-refractivity contribution in [2.45, 2.75) is 18.8 Å². The zero-order chi connectivity index (χ0) is 14.4. The summed E-state index contributed by atoms with van der Waals surface area (Å²) >= 11 is 0. The van der Waals surface area contributed by atoms with Gasteiger partial charge in [0, 0.05) is 11.8 Å². The van der Waals surface area contributed by atoms with E-state index >= 15 is 0 Å². The summed E-state index contributed by atoms with van der Waals surface area (Å²) in [5.74, 6) is 1.12. The summed E-state index contributed by atoms with van der Waals surface area (Å²) in [5, 5.41) is 2.56. The minimum atomic E-state index is 0.392. The quantitative estimate of drug-likeness (QED) is 0.744. The second-order valence-corrected chi connectivity index (χ2v) is 5.68. The summed E-state index contributed by atoms with van der Waals surface area (Å²) in [4.78, 5) is 4.05. The van der Waals surface area contributed by atoms with E-state index in [9.17, 15) is 0 Å². The molecule has 1 saturated carbocycles. The van der Waals surface area contributed by atoms with E-state index in [4.69, 9.17) is 11.5 Å². The molecule has 4 rings (SSSR count). The summed E-state index contributed by atoms with van der Waals surface area (Å²) in [5.41, 5.74) is 16.1. The van der Waals surface area contributed by atoms with Gasteiger partial charge in [0.1, 0.15) is 5.82 Å². The van der Waals surface area contributed by atoms with Crippen LogP contribution in [0.5, 0.6) is 0 Å². The molecular formula is C18H17N3. The molecule has 1 fully saturated rings. The Bertz CT molecular complexity index is 835. The van der Waals surface area contributed by atoms with Gasteiger partial charge in [-0.05, 0) is 46.7 Å². The normalized spacial score (nSPS) is 14.5. The molecule has 3 aromatic rings. The third kappa shape index (κ3) is 1.93. The van der Waals surface area contributed by atoms with Crippen molar-refractivity contribution in [3.8, 4) is 11.1 Å². The van der Waals surface area contributed by atoms with Gasteiger partial charge in [0.15, 0.2) is 0 Å². The Hall–Kier alpha value is -2.55. The molecule has 21 heavy (non-hydrogen) atoms. The summed E-state index contributed by atoms with van der Waals surface area (Å²) in [6.45, 7) is 0. The molecule has 1 aliphatic carbocycles. The Morgan fingerprint density at radius 2 is 1.62 bits per heavy atom. The van der Waals surface area contributed by atoms with Gasteiger partial charge >= 0.3 is 0 Å². The third-order valence-corrected chi connectivity index (χ3v) is 4.29. The number of hydrogen-bond donors (Lipinski definition) is 2. The third-order valence-electron chi connectivity index (χ3n) is 4.29. The number of pyridine rings is 1. The van der Waals surface area contributed by atoms with Crippen molar-refractivity contribution < 1.29 is 0 Å². The van der Waals surface area contributed by atoms with Gasteiger partial charge < -0.3 is 11.5 Å². The Kier molecular flexibility index (Phi) is 2.61. The Balaban J connectivity index is 2.02. The fourth-order valence-electron chi connectivity index (χ4n) is 3.03. The number of benzene rings is 2. The molecule has 0 atom stereocenters. The standard InChI is InChI=1S/C18H17N3/c19-17-16(9-10-21-18(17)20)15-8-7-12(11-5-6-11)13-3-1-2-4-14(13)15/h1-4,7-11H,5-6,19H2,(H2,20,21). The Labute approximate surface area is 123 Å². The molecule has 0 aliphatic heterocycles. The second-order valence-electron chi connectivity index (χ2n) is 5.68. The van der Waals surface area contributed by atoms with Crippen molar-refractivity contribution >= 4 is 22.3 Å². The first-order valence-electron chi connectivity index (χ1n) is 7.27. The monoisotopic (exact) mass is 275 g/mol. The van der Waals surface area contributed by atoms with Gasteiger partial charge in [-0.25, -0.2) is 4.98 Å². The van der Waals surface area contributed by atoms with Gasteiger partial charge in [-0.2, -0.15) is 0 Å². The summed E-state index contributed by atoms with van der Waals surface area (Å²) < 4.78 is 0. The number of rotatable bonds is 2. The summed E-state index contributed by atoms with van der Waals surface area (Å²) in [6.07, 6.45) is 4.31. The maximum absolute atomic E-state index is 6.13. The second kappa shape index (κ2) is 4.48. The van der Waals surface area contributed by atoms with Crippen molar-refractivity contribution in [1.29, 1.82) is 0 Å². The maximum Gasteiger partial charge on any atom is 0.147 e. The number of aromatic nitrogens is 1. The smallest absolute Gasteiger partial charge is 0.147 e. The van der Waals surface area contributed by atoms with Crippen LogP contribution in [-0.4, -0.2) is 4.98 Å². The predicted octanol–water partition coefficient (Wildman–Crippen LogP) is 3.94. The van der Waals surface area contributed by atoms with E-state index in [0.29, 0.717) is 11.5 Å². The van der Waals surface area contributed by atoms with Gasteiger partial charge in [0.25, 0.3) is 0 Å². The summed E-state index contributed by atoms with van der Waals surface area (Å²) in [7, 11) is 0. The van der Waals surface area contributed by atoms with Crippen LogP contribution in [0, 0.1) is 0 Å². The first-order chi connectivity index (χ1) is 10.3. The highest BCUT2D eigenvalue weighted by atomic mass is 14.9. The molecule has 4 N–H and O–H groups in total. The van der Waals surface area contributed by atoms with E-state index in [1.54, 1.807) is 6.20 Å². The lowest BCUT2D eigenvalue weighted by atomic mass is 9.93.